The first-order chi connectivity index (χ1) is 11.1. The van der Waals surface area contributed by atoms with Crippen LogP contribution in [-0.4, -0.2) is 28.1 Å². The molecule has 0 fully saturated rings. The first-order valence-electron chi connectivity index (χ1n) is 7.83. The van der Waals surface area contributed by atoms with Crippen LogP contribution in [0.15, 0.2) is 54.6 Å². The van der Waals surface area contributed by atoms with Crippen molar-refractivity contribution in [2.45, 2.75) is 20.8 Å². The Morgan fingerprint density at radius 2 is 1.43 bits per heavy atom. The zero-order valence-electron chi connectivity index (χ0n) is 13.8. The third kappa shape index (κ3) is 4.15. The Balaban J connectivity index is 2.44. The van der Waals surface area contributed by atoms with Crippen LogP contribution >= 0.6 is 24.4 Å². The molecular formula is C19H22N2S2. The first kappa shape index (κ1) is 17.6. The van der Waals surface area contributed by atoms with Gasteiger partial charge in [0.15, 0.2) is 5.11 Å². The Morgan fingerprint density at radius 3 is 1.96 bits per heavy atom. The van der Waals surface area contributed by atoms with E-state index >= 15 is 0 Å². The minimum Gasteiger partial charge on any atom is -0.349 e. The molecule has 0 aliphatic carbocycles. The van der Waals surface area contributed by atoms with Gasteiger partial charge in [0, 0.05) is 24.3 Å². The number of anilines is 1. The van der Waals surface area contributed by atoms with Crippen molar-refractivity contribution in [2.75, 3.05) is 18.0 Å². The van der Waals surface area contributed by atoms with E-state index in [0.717, 1.165) is 34.4 Å². The van der Waals surface area contributed by atoms with E-state index in [1.165, 1.54) is 5.56 Å². The number of benzene rings is 2. The van der Waals surface area contributed by atoms with Gasteiger partial charge < -0.3 is 4.90 Å². The number of hydrogen-bond acceptors (Lipinski definition) is 2. The van der Waals surface area contributed by atoms with Gasteiger partial charge in [-0.3, -0.25) is 4.90 Å². The molecule has 0 amide bonds. The van der Waals surface area contributed by atoms with E-state index in [9.17, 15) is 0 Å². The van der Waals surface area contributed by atoms with Crippen molar-refractivity contribution in [3.63, 3.8) is 0 Å². The second-order valence-corrected chi connectivity index (χ2v) is 6.05. The van der Waals surface area contributed by atoms with Gasteiger partial charge in [0.05, 0.1) is 0 Å². The summed E-state index contributed by atoms with van der Waals surface area (Å²) in [5.41, 5.74) is 3.21. The highest BCUT2D eigenvalue weighted by Crippen LogP contribution is 2.21. The summed E-state index contributed by atoms with van der Waals surface area (Å²) >= 11 is 11.5. The average Bonchev–Trinajstić information content (AvgIpc) is 2.58. The molecule has 2 aromatic rings. The summed E-state index contributed by atoms with van der Waals surface area (Å²) in [6.07, 6.45) is 0. The second-order valence-electron chi connectivity index (χ2n) is 5.30. The number of nitrogens with zero attached hydrogens (tertiary/aromatic N) is 2. The van der Waals surface area contributed by atoms with Crippen molar-refractivity contribution in [1.82, 2.24) is 4.90 Å². The van der Waals surface area contributed by atoms with E-state index in [1.54, 1.807) is 0 Å². The molecule has 0 spiro atoms. The monoisotopic (exact) mass is 342 g/mol. The second kappa shape index (κ2) is 8.18. The predicted molar refractivity (Wildman–Crippen MR) is 107 cm³/mol. The summed E-state index contributed by atoms with van der Waals surface area (Å²) in [4.78, 5) is 4.86. The Kier molecular flexibility index (Phi) is 6.25. The smallest absolute Gasteiger partial charge is 0.181 e. The summed E-state index contributed by atoms with van der Waals surface area (Å²) < 4.78 is 0. The molecule has 0 unspecified atom stereocenters. The highest BCUT2D eigenvalue weighted by molar-refractivity contribution is 7.82. The predicted octanol–water partition coefficient (Wildman–Crippen LogP) is 4.80. The highest BCUT2D eigenvalue weighted by atomic mass is 32.1. The molecule has 2 aromatic carbocycles. The zero-order valence-corrected chi connectivity index (χ0v) is 15.5. The lowest BCUT2D eigenvalue weighted by atomic mass is 10.1. The van der Waals surface area contributed by atoms with Gasteiger partial charge in [-0.15, -0.1) is 0 Å². The lowest BCUT2D eigenvalue weighted by Crippen LogP contribution is -2.46. The summed E-state index contributed by atoms with van der Waals surface area (Å²) in [5, 5.41) is 0.743. The van der Waals surface area contributed by atoms with Crippen molar-refractivity contribution >= 4 is 40.2 Å². The van der Waals surface area contributed by atoms with E-state index in [0.29, 0.717) is 0 Å². The third-order valence-electron chi connectivity index (χ3n) is 3.74. The summed E-state index contributed by atoms with van der Waals surface area (Å²) in [6, 6.07) is 18.3. The normalized spacial score (nSPS) is 10.2. The SMILES string of the molecule is CCN(CC)C(=S)N(C(=S)c1ccccc1)c1ccc(C)cc1. The molecular weight excluding hydrogens is 320 g/mol. The maximum absolute atomic E-state index is 5.76. The van der Waals surface area contributed by atoms with Crippen LogP contribution in [-0.2, 0) is 0 Å². The topological polar surface area (TPSA) is 6.48 Å². The van der Waals surface area contributed by atoms with Crippen LogP contribution in [0.5, 0.6) is 0 Å². The number of thiocarbonyl (C=S) groups is 2. The van der Waals surface area contributed by atoms with Gasteiger partial charge in [0.2, 0.25) is 0 Å². The lowest BCUT2D eigenvalue weighted by molar-refractivity contribution is 0.469. The van der Waals surface area contributed by atoms with Crippen LogP contribution in [0.3, 0.4) is 0 Å². The van der Waals surface area contributed by atoms with Gasteiger partial charge in [-0.1, -0.05) is 60.2 Å². The van der Waals surface area contributed by atoms with Gasteiger partial charge in [0.25, 0.3) is 0 Å². The van der Waals surface area contributed by atoms with Gasteiger partial charge in [-0.2, -0.15) is 0 Å². The molecule has 0 saturated heterocycles. The van der Waals surface area contributed by atoms with Crippen LogP contribution in [0.2, 0.25) is 0 Å². The number of hydrogen-bond donors (Lipinski definition) is 0. The summed E-state index contributed by atoms with van der Waals surface area (Å²) in [6.45, 7) is 8.00. The maximum Gasteiger partial charge on any atom is 0.181 e. The summed E-state index contributed by atoms with van der Waals surface area (Å²) in [5.74, 6) is 0. The molecule has 2 nitrogen and oxygen atoms in total. The Bertz CT molecular complexity index is 662. The molecule has 4 heteroatoms. The van der Waals surface area contributed by atoms with E-state index in [1.807, 2.05) is 35.2 Å². The van der Waals surface area contributed by atoms with Crippen molar-refractivity contribution in [1.29, 1.82) is 0 Å². The fraction of sp³-hybridized carbons (Fsp3) is 0.263. The molecule has 0 aliphatic heterocycles. The highest BCUT2D eigenvalue weighted by Gasteiger charge is 2.21. The molecule has 0 radical (unpaired) electrons. The Labute approximate surface area is 149 Å². The molecule has 0 saturated carbocycles. The van der Waals surface area contributed by atoms with Crippen LogP contribution in [0.25, 0.3) is 0 Å². The molecule has 0 atom stereocenters. The van der Waals surface area contributed by atoms with E-state index in [2.05, 4.69) is 49.9 Å². The van der Waals surface area contributed by atoms with Gasteiger partial charge in [0.1, 0.15) is 4.99 Å². The first-order valence-corrected chi connectivity index (χ1v) is 8.65. The Morgan fingerprint density at radius 1 is 0.870 bits per heavy atom. The van der Waals surface area contributed by atoms with Crippen molar-refractivity contribution in [3.8, 4) is 0 Å². The van der Waals surface area contributed by atoms with E-state index < -0.39 is 0 Å². The molecule has 0 heterocycles. The van der Waals surface area contributed by atoms with Gasteiger partial charge in [-0.25, -0.2) is 0 Å². The Hall–Kier alpha value is -1.78. The largest absolute Gasteiger partial charge is 0.349 e. The molecule has 0 bridgehead atoms. The zero-order chi connectivity index (χ0) is 16.8. The van der Waals surface area contributed by atoms with Crippen LogP contribution in [0.4, 0.5) is 5.69 Å². The standard InChI is InChI=1S/C19H22N2S2/c1-4-20(5-2)19(23)21(17-13-11-15(3)12-14-17)18(22)16-9-7-6-8-10-16/h6-14H,4-5H2,1-3H3. The molecule has 0 N–H and O–H groups in total. The average molecular weight is 343 g/mol. The van der Waals surface area contributed by atoms with E-state index in [4.69, 9.17) is 24.4 Å². The molecule has 120 valence electrons. The quantitative estimate of drug-likeness (QED) is 0.736. The van der Waals surface area contributed by atoms with Crippen molar-refractivity contribution in [3.05, 3.63) is 65.7 Å². The summed E-state index contributed by atoms with van der Waals surface area (Å²) in [7, 11) is 0. The molecule has 23 heavy (non-hydrogen) atoms. The maximum atomic E-state index is 5.76. The number of aryl methyl sites for hydroxylation is 1. The number of rotatable bonds is 4. The lowest BCUT2D eigenvalue weighted by Gasteiger charge is -2.33. The minimum absolute atomic E-state index is 0.728. The fourth-order valence-electron chi connectivity index (χ4n) is 2.35. The van der Waals surface area contributed by atoms with Crippen molar-refractivity contribution < 1.29 is 0 Å². The fourth-order valence-corrected chi connectivity index (χ4v) is 3.19. The van der Waals surface area contributed by atoms with Crippen LogP contribution in [0, 0.1) is 6.92 Å². The molecule has 2 rings (SSSR count). The van der Waals surface area contributed by atoms with Crippen LogP contribution in [0.1, 0.15) is 25.0 Å². The van der Waals surface area contributed by atoms with Gasteiger partial charge in [-0.05, 0) is 45.1 Å². The van der Waals surface area contributed by atoms with Crippen LogP contribution < -0.4 is 4.90 Å². The van der Waals surface area contributed by atoms with Crippen molar-refractivity contribution in [2.24, 2.45) is 0 Å². The minimum atomic E-state index is 0.728. The third-order valence-corrected chi connectivity index (χ3v) is 4.60. The van der Waals surface area contributed by atoms with E-state index in [-0.39, 0.29) is 0 Å². The molecule has 0 aliphatic rings. The molecule has 0 aromatic heterocycles. The van der Waals surface area contributed by atoms with Gasteiger partial charge >= 0.3 is 0 Å².